The number of nitrogens with one attached hydrogen (secondary N) is 1. The topological polar surface area (TPSA) is 85.0 Å². The Bertz CT molecular complexity index is 1500. The van der Waals surface area contributed by atoms with E-state index in [1.165, 1.54) is 23.5 Å². The van der Waals surface area contributed by atoms with E-state index in [-0.39, 0.29) is 18.6 Å². The minimum Gasteiger partial charge on any atom is -0.396 e. The molecule has 5 rings (SSSR count). The number of thiazole rings is 1. The first-order valence-electron chi connectivity index (χ1n) is 10.7. The Hall–Kier alpha value is -3.70. The van der Waals surface area contributed by atoms with Crippen molar-refractivity contribution in [2.45, 2.75) is 18.6 Å². The van der Waals surface area contributed by atoms with E-state index in [9.17, 15) is 23.1 Å². The van der Waals surface area contributed by atoms with Crippen LogP contribution in [0.3, 0.4) is 0 Å². The Morgan fingerprint density at radius 1 is 1.17 bits per heavy atom. The molecule has 35 heavy (non-hydrogen) atoms. The molecule has 0 aliphatic heterocycles. The van der Waals surface area contributed by atoms with Crippen LogP contribution in [0.15, 0.2) is 60.4 Å². The van der Waals surface area contributed by atoms with E-state index in [2.05, 4.69) is 15.4 Å². The number of carbonyl (C=O) groups excluding carboxylic acids is 1. The highest BCUT2D eigenvalue weighted by Gasteiger charge is 2.30. The molecule has 1 amide bonds. The van der Waals surface area contributed by atoms with E-state index in [0.29, 0.717) is 28.8 Å². The number of carbonyl (C=O) groups is 1. The third-order valence-corrected chi connectivity index (χ3v) is 6.67. The van der Waals surface area contributed by atoms with Gasteiger partial charge in [-0.1, -0.05) is 0 Å². The van der Waals surface area contributed by atoms with Gasteiger partial charge in [-0.2, -0.15) is 18.3 Å². The van der Waals surface area contributed by atoms with Crippen LogP contribution in [0.25, 0.3) is 27.6 Å². The number of aliphatic hydroxyl groups excluding tert-OH is 1. The van der Waals surface area contributed by atoms with Gasteiger partial charge in [0.2, 0.25) is 0 Å². The number of fused-ring (bicyclic) bond motifs is 3. The third kappa shape index (κ3) is 4.28. The fraction of sp³-hybridized carbons (Fsp3) is 0.208. The summed E-state index contributed by atoms with van der Waals surface area (Å²) in [7, 11) is 1.76. The molecule has 5 aromatic rings. The Morgan fingerprint density at radius 2 is 1.94 bits per heavy atom. The van der Waals surface area contributed by atoms with Crippen molar-refractivity contribution >= 4 is 39.2 Å². The first-order chi connectivity index (χ1) is 16.8. The minimum atomic E-state index is -4.42. The highest BCUT2D eigenvalue weighted by atomic mass is 32.1. The lowest BCUT2D eigenvalue weighted by Gasteiger charge is -2.16. The summed E-state index contributed by atoms with van der Waals surface area (Å²) >= 11 is 1.40. The maximum Gasteiger partial charge on any atom is 0.416 e. The van der Waals surface area contributed by atoms with Crippen LogP contribution in [-0.2, 0) is 13.2 Å². The number of nitrogens with zero attached hydrogens (tertiary/aromatic N) is 4. The van der Waals surface area contributed by atoms with Gasteiger partial charge in [0.25, 0.3) is 5.91 Å². The van der Waals surface area contributed by atoms with Gasteiger partial charge in [0.05, 0.1) is 22.6 Å². The van der Waals surface area contributed by atoms with Crippen molar-refractivity contribution in [1.82, 2.24) is 24.6 Å². The summed E-state index contributed by atoms with van der Waals surface area (Å²) < 4.78 is 42.5. The second-order valence-corrected chi connectivity index (χ2v) is 9.01. The monoisotopic (exact) mass is 499 g/mol. The largest absolute Gasteiger partial charge is 0.416 e. The second-order valence-electron chi connectivity index (χ2n) is 8.09. The van der Waals surface area contributed by atoms with Gasteiger partial charge in [-0.3, -0.25) is 19.0 Å². The molecule has 0 aliphatic rings. The van der Waals surface area contributed by atoms with Crippen LogP contribution < -0.4 is 5.32 Å². The molecule has 0 saturated heterocycles. The quantitative estimate of drug-likeness (QED) is 0.350. The normalized spacial score (nSPS) is 12.9. The summed E-state index contributed by atoms with van der Waals surface area (Å²) in [5.74, 6) is -0.307. The number of amides is 1. The summed E-state index contributed by atoms with van der Waals surface area (Å²) in [4.78, 5) is 18.0. The van der Waals surface area contributed by atoms with Crippen molar-refractivity contribution in [2.24, 2.45) is 7.05 Å². The van der Waals surface area contributed by atoms with E-state index in [1.807, 2.05) is 6.20 Å². The smallest absolute Gasteiger partial charge is 0.396 e. The van der Waals surface area contributed by atoms with Crippen LogP contribution in [0.5, 0.6) is 0 Å². The zero-order chi connectivity index (χ0) is 24.7. The number of benzene rings is 2. The molecule has 1 atom stereocenters. The summed E-state index contributed by atoms with van der Waals surface area (Å²) in [6.07, 6.45) is -0.593. The average Bonchev–Trinajstić information content (AvgIpc) is 3.54. The highest BCUT2D eigenvalue weighted by molar-refractivity contribution is 7.09. The lowest BCUT2D eigenvalue weighted by atomic mass is 10.1. The van der Waals surface area contributed by atoms with E-state index in [4.69, 9.17) is 0 Å². The van der Waals surface area contributed by atoms with Gasteiger partial charge in [0.1, 0.15) is 0 Å². The second kappa shape index (κ2) is 8.82. The van der Waals surface area contributed by atoms with Gasteiger partial charge in [-0.05, 0) is 48.9 Å². The predicted octanol–water partition coefficient (Wildman–Crippen LogP) is 4.85. The van der Waals surface area contributed by atoms with Crippen LogP contribution >= 0.6 is 11.3 Å². The summed E-state index contributed by atoms with van der Waals surface area (Å²) in [5, 5.41) is 18.4. The molecule has 7 nitrogen and oxygen atoms in total. The first kappa shape index (κ1) is 23.1. The molecule has 0 spiro atoms. The molecule has 0 fully saturated rings. The molecular weight excluding hydrogens is 479 g/mol. The van der Waals surface area contributed by atoms with Crippen molar-refractivity contribution in [3.8, 4) is 5.69 Å². The fourth-order valence-corrected chi connectivity index (χ4v) is 4.85. The lowest BCUT2D eigenvalue weighted by molar-refractivity contribution is -0.137. The Labute approximate surface area is 201 Å². The van der Waals surface area contributed by atoms with E-state index in [0.717, 1.165) is 27.8 Å². The molecule has 2 N–H and O–H groups in total. The van der Waals surface area contributed by atoms with E-state index >= 15 is 0 Å². The molecule has 3 aromatic heterocycles. The van der Waals surface area contributed by atoms with Crippen LogP contribution in [0.2, 0.25) is 0 Å². The maximum absolute atomic E-state index is 13.1. The summed E-state index contributed by atoms with van der Waals surface area (Å²) in [6.45, 7) is -0.0891. The standard InChI is InChI=1S/C24H20F3N5O2S/c1-31-12-18-17-10-14(23(34)29-19(8-9-33)21-11-28-13-35-21)2-7-20(17)32(22(18)30-31)16-5-3-15(4-6-16)24(25,26)27/h2-7,10-13,19,33H,8-9H2,1H3,(H,29,34)/t19-/m1/s1. The van der Waals surface area contributed by atoms with Crippen molar-refractivity contribution in [3.05, 3.63) is 76.4 Å². The van der Waals surface area contributed by atoms with Crippen LogP contribution in [-0.4, -0.2) is 37.0 Å². The number of hydrogen-bond donors (Lipinski definition) is 2. The first-order valence-corrected chi connectivity index (χ1v) is 11.6. The lowest BCUT2D eigenvalue weighted by Crippen LogP contribution is -2.28. The number of halogens is 3. The van der Waals surface area contributed by atoms with Crippen molar-refractivity contribution in [2.75, 3.05) is 6.61 Å². The minimum absolute atomic E-state index is 0.0891. The van der Waals surface area contributed by atoms with Gasteiger partial charge in [0.15, 0.2) is 5.65 Å². The number of alkyl halides is 3. The molecule has 0 aliphatic carbocycles. The predicted molar refractivity (Wildman–Crippen MR) is 127 cm³/mol. The van der Waals surface area contributed by atoms with Crippen LogP contribution in [0, 0.1) is 0 Å². The third-order valence-electron chi connectivity index (χ3n) is 5.78. The Balaban J connectivity index is 1.56. The van der Waals surface area contributed by atoms with Crippen molar-refractivity contribution in [1.29, 1.82) is 0 Å². The highest BCUT2D eigenvalue weighted by Crippen LogP contribution is 2.34. The van der Waals surface area contributed by atoms with Gasteiger partial charge in [-0.25, -0.2) is 0 Å². The Kier molecular flexibility index (Phi) is 5.81. The molecule has 2 aromatic carbocycles. The molecule has 0 saturated carbocycles. The van der Waals surface area contributed by atoms with Crippen molar-refractivity contribution in [3.63, 3.8) is 0 Å². The number of rotatable bonds is 6. The number of aryl methyl sites for hydroxylation is 1. The number of aromatic nitrogens is 4. The fourth-order valence-electron chi connectivity index (χ4n) is 4.15. The number of hydrogen-bond acceptors (Lipinski definition) is 5. The number of aliphatic hydroxyl groups is 1. The molecule has 0 unspecified atom stereocenters. The van der Waals surface area contributed by atoms with E-state index in [1.54, 1.807) is 46.2 Å². The van der Waals surface area contributed by atoms with Crippen LogP contribution in [0.4, 0.5) is 13.2 Å². The van der Waals surface area contributed by atoms with Crippen LogP contribution in [0.1, 0.15) is 33.3 Å². The Morgan fingerprint density at radius 3 is 2.60 bits per heavy atom. The van der Waals surface area contributed by atoms with E-state index < -0.39 is 11.7 Å². The zero-order valence-corrected chi connectivity index (χ0v) is 19.3. The maximum atomic E-state index is 13.1. The molecule has 11 heteroatoms. The molecule has 0 radical (unpaired) electrons. The molecule has 3 heterocycles. The molecular formula is C24H20F3N5O2S. The molecule has 180 valence electrons. The zero-order valence-electron chi connectivity index (χ0n) is 18.5. The van der Waals surface area contributed by atoms with Crippen molar-refractivity contribution < 1.29 is 23.1 Å². The average molecular weight is 500 g/mol. The SMILES string of the molecule is Cn1cc2c3cc(C(=O)N[C@H](CCO)c4cncs4)ccc3n(-c3ccc(C(F)(F)F)cc3)c2n1. The molecule has 0 bridgehead atoms. The summed E-state index contributed by atoms with van der Waals surface area (Å²) in [6, 6.07) is 9.70. The van der Waals surface area contributed by atoms with Gasteiger partial charge in [-0.15, -0.1) is 11.3 Å². The summed E-state index contributed by atoms with van der Waals surface area (Å²) in [5.41, 5.74) is 3.17. The van der Waals surface area contributed by atoms with Gasteiger partial charge in [0, 0.05) is 52.9 Å². The van der Waals surface area contributed by atoms with Gasteiger partial charge < -0.3 is 10.4 Å². The van der Waals surface area contributed by atoms with Gasteiger partial charge >= 0.3 is 6.18 Å².